The molecule has 0 aromatic heterocycles. The second kappa shape index (κ2) is 3.42. The second-order valence-electron chi connectivity index (χ2n) is 3.55. The molecule has 1 aromatic carbocycles. The number of fused-ring (bicyclic) bond motifs is 1. The summed E-state index contributed by atoms with van der Waals surface area (Å²) in [6, 6.07) is 7.78. The van der Waals surface area contributed by atoms with Gasteiger partial charge in [-0.05, 0) is 25.6 Å². The third kappa shape index (κ3) is 1.30. The summed E-state index contributed by atoms with van der Waals surface area (Å²) >= 11 is 0. The van der Waals surface area contributed by atoms with Gasteiger partial charge in [0.05, 0.1) is 6.17 Å². The molecule has 1 atom stereocenters. The van der Waals surface area contributed by atoms with E-state index in [0.29, 0.717) is 0 Å². The van der Waals surface area contributed by atoms with Crippen molar-refractivity contribution >= 4 is 5.91 Å². The first-order chi connectivity index (χ1) is 6.74. The molecular formula is C11H14N2O. The standard InChI is InChI=1S/C11H14N2O/c1-8(12-2)13-7-9-5-3-4-6-10(9)11(13)14/h3-6,8,12H,7H2,1-2H3. The van der Waals surface area contributed by atoms with Gasteiger partial charge in [-0.3, -0.25) is 4.79 Å². The van der Waals surface area contributed by atoms with Crippen molar-refractivity contribution < 1.29 is 4.79 Å². The third-order valence-electron chi connectivity index (χ3n) is 2.73. The van der Waals surface area contributed by atoms with Gasteiger partial charge in [0, 0.05) is 12.1 Å². The Bertz CT molecular complexity index is 362. The van der Waals surface area contributed by atoms with Gasteiger partial charge in [-0.25, -0.2) is 0 Å². The summed E-state index contributed by atoms with van der Waals surface area (Å²) in [5.74, 6) is 0.127. The van der Waals surface area contributed by atoms with Gasteiger partial charge in [-0.2, -0.15) is 0 Å². The number of hydrogen-bond acceptors (Lipinski definition) is 2. The fourth-order valence-electron chi connectivity index (χ4n) is 1.75. The van der Waals surface area contributed by atoms with Crippen LogP contribution in [0.4, 0.5) is 0 Å². The molecule has 2 rings (SSSR count). The van der Waals surface area contributed by atoms with Crippen molar-refractivity contribution in [3.63, 3.8) is 0 Å². The van der Waals surface area contributed by atoms with E-state index in [0.717, 1.165) is 17.7 Å². The monoisotopic (exact) mass is 190 g/mol. The van der Waals surface area contributed by atoms with Crippen LogP contribution >= 0.6 is 0 Å². The molecule has 14 heavy (non-hydrogen) atoms. The van der Waals surface area contributed by atoms with E-state index in [2.05, 4.69) is 5.32 Å². The van der Waals surface area contributed by atoms with E-state index in [9.17, 15) is 4.79 Å². The largest absolute Gasteiger partial charge is 0.319 e. The fourth-order valence-corrected chi connectivity index (χ4v) is 1.75. The number of carbonyl (C=O) groups excluding carboxylic acids is 1. The van der Waals surface area contributed by atoms with Gasteiger partial charge in [0.25, 0.3) is 5.91 Å². The smallest absolute Gasteiger partial charge is 0.255 e. The molecule has 0 spiro atoms. The van der Waals surface area contributed by atoms with Crippen LogP contribution in [0.25, 0.3) is 0 Å². The van der Waals surface area contributed by atoms with Gasteiger partial charge in [0.1, 0.15) is 0 Å². The Balaban J connectivity index is 2.30. The predicted molar refractivity (Wildman–Crippen MR) is 54.8 cm³/mol. The lowest BCUT2D eigenvalue weighted by molar-refractivity contribution is 0.0693. The molecule has 1 aromatic rings. The van der Waals surface area contributed by atoms with Gasteiger partial charge in [-0.1, -0.05) is 18.2 Å². The summed E-state index contributed by atoms with van der Waals surface area (Å²) in [5, 5.41) is 3.08. The van der Waals surface area contributed by atoms with E-state index >= 15 is 0 Å². The summed E-state index contributed by atoms with van der Waals surface area (Å²) in [7, 11) is 1.86. The van der Waals surface area contributed by atoms with Gasteiger partial charge >= 0.3 is 0 Å². The Morgan fingerprint density at radius 1 is 1.43 bits per heavy atom. The van der Waals surface area contributed by atoms with Crippen molar-refractivity contribution in [2.45, 2.75) is 19.6 Å². The van der Waals surface area contributed by atoms with Crippen LogP contribution in [0, 0.1) is 0 Å². The highest BCUT2D eigenvalue weighted by Crippen LogP contribution is 2.23. The molecule has 74 valence electrons. The number of hydrogen-bond donors (Lipinski definition) is 1. The van der Waals surface area contributed by atoms with Crippen LogP contribution in [0.1, 0.15) is 22.8 Å². The van der Waals surface area contributed by atoms with Crippen molar-refractivity contribution in [3.05, 3.63) is 35.4 Å². The first-order valence-corrected chi connectivity index (χ1v) is 4.80. The average molecular weight is 190 g/mol. The Kier molecular flexibility index (Phi) is 2.25. The average Bonchev–Trinajstić information content (AvgIpc) is 2.56. The van der Waals surface area contributed by atoms with Crippen LogP contribution in [0.3, 0.4) is 0 Å². The Labute approximate surface area is 83.7 Å². The SMILES string of the molecule is CNC(C)N1Cc2ccccc2C1=O. The third-order valence-corrected chi connectivity index (χ3v) is 2.73. The summed E-state index contributed by atoms with van der Waals surface area (Å²) in [4.78, 5) is 13.7. The molecule has 1 aliphatic rings. The highest BCUT2D eigenvalue weighted by atomic mass is 16.2. The van der Waals surface area contributed by atoms with E-state index in [-0.39, 0.29) is 12.1 Å². The molecule has 1 N–H and O–H groups in total. The lowest BCUT2D eigenvalue weighted by Gasteiger charge is -2.23. The van der Waals surface area contributed by atoms with Crippen molar-refractivity contribution in [1.29, 1.82) is 0 Å². The van der Waals surface area contributed by atoms with Crippen molar-refractivity contribution in [1.82, 2.24) is 10.2 Å². The fraction of sp³-hybridized carbons (Fsp3) is 0.364. The minimum Gasteiger partial charge on any atom is -0.319 e. The lowest BCUT2D eigenvalue weighted by Crippen LogP contribution is -2.41. The molecule has 3 nitrogen and oxygen atoms in total. The predicted octanol–water partition coefficient (Wildman–Crippen LogP) is 1.21. The number of benzene rings is 1. The van der Waals surface area contributed by atoms with Crippen molar-refractivity contribution in [2.75, 3.05) is 7.05 Å². The quantitative estimate of drug-likeness (QED) is 0.760. The van der Waals surface area contributed by atoms with Crippen LogP contribution in [0.5, 0.6) is 0 Å². The van der Waals surface area contributed by atoms with Gasteiger partial charge in [0.15, 0.2) is 0 Å². The maximum Gasteiger partial charge on any atom is 0.255 e. The summed E-state index contributed by atoms with van der Waals surface area (Å²) < 4.78 is 0. The molecule has 0 fully saturated rings. The van der Waals surface area contributed by atoms with E-state index < -0.39 is 0 Å². The van der Waals surface area contributed by atoms with Gasteiger partial charge in [-0.15, -0.1) is 0 Å². The van der Waals surface area contributed by atoms with Gasteiger partial charge in [0.2, 0.25) is 0 Å². The number of rotatable bonds is 2. The van der Waals surface area contributed by atoms with Crippen molar-refractivity contribution in [3.8, 4) is 0 Å². The van der Waals surface area contributed by atoms with Crippen LogP contribution in [0.15, 0.2) is 24.3 Å². The zero-order valence-corrected chi connectivity index (χ0v) is 8.45. The summed E-state index contributed by atoms with van der Waals surface area (Å²) in [5.41, 5.74) is 1.97. The normalized spacial score (nSPS) is 17.0. The molecule has 1 amide bonds. The first-order valence-electron chi connectivity index (χ1n) is 4.80. The van der Waals surface area contributed by atoms with E-state index in [1.807, 2.05) is 43.1 Å². The Hall–Kier alpha value is -1.35. The maximum atomic E-state index is 11.9. The number of amides is 1. The van der Waals surface area contributed by atoms with Crippen LogP contribution in [-0.2, 0) is 6.54 Å². The summed E-state index contributed by atoms with van der Waals surface area (Å²) in [6.45, 7) is 2.71. The lowest BCUT2D eigenvalue weighted by atomic mass is 10.1. The second-order valence-corrected chi connectivity index (χ2v) is 3.55. The van der Waals surface area contributed by atoms with Crippen LogP contribution in [0.2, 0.25) is 0 Å². The molecule has 3 heteroatoms. The zero-order valence-electron chi connectivity index (χ0n) is 8.45. The molecule has 0 aliphatic carbocycles. The van der Waals surface area contributed by atoms with E-state index in [1.54, 1.807) is 0 Å². The van der Waals surface area contributed by atoms with Crippen LogP contribution in [-0.4, -0.2) is 24.0 Å². The van der Waals surface area contributed by atoms with E-state index in [4.69, 9.17) is 0 Å². The molecular weight excluding hydrogens is 176 g/mol. The molecule has 0 saturated carbocycles. The molecule has 0 radical (unpaired) electrons. The topological polar surface area (TPSA) is 32.3 Å². The Morgan fingerprint density at radius 2 is 2.14 bits per heavy atom. The number of carbonyl (C=O) groups is 1. The molecule has 1 unspecified atom stereocenters. The molecule has 1 aliphatic heterocycles. The van der Waals surface area contributed by atoms with Crippen LogP contribution < -0.4 is 5.32 Å². The van der Waals surface area contributed by atoms with E-state index in [1.165, 1.54) is 0 Å². The number of nitrogens with one attached hydrogen (secondary N) is 1. The highest BCUT2D eigenvalue weighted by molar-refractivity contribution is 5.98. The summed E-state index contributed by atoms with van der Waals surface area (Å²) in [6.07, 6.45) is 0.0925. The maximum absolute atomic E-state index is 11.9. The molecule has 0 bridgehead atoms. The highest BCUT2D eigenvalue weighted by Gasteiger charge is 2.29. The minimum absolute atomic E-state index is 0.0925. The Morgan fingerprint density at radius 3 is 2.79 bits per heavy atom. The molecule has 0 saturated heterocycles. The zero-order chi connectivity index (χ0) is 10.1. The van der Waals surface area contributed by atoms with Gasteiger partial charge < -0.3 is 10.2 Å². The number of nitrogens with zero attached hydrogens (tertiary/aromatic N) is 1. The van der Waals surface area contributed by atoms with Crippen molar-refractivity contribution in [2.24, 2.45) is 0 Å². The first kappa shape index (κ1) is 9.21. The minimum atomic E-state index is 0.0925. The molecule has 1 heterocycles.